The molecular weight excluding hydrogens is 357 g/mol. The van der Waals surface area contributed by atoms with Crippen LogP contribution >= 0.6 is 11.8 Å². The lowest BCUT2D eigenvalue weighted by molar-refractivity contribution is -0.145. The Bertz CT molecular complexity index is 734. The van der Waals surface area contributed by atoms with Crippen LogP contribution in [-0.4, -0.2) is 35.9 Å². The van der Waals surface area contributed by atoms with Crippen LogP contribution < -0.4 is 5.32 Å². The van der Waals surface area contributed by atoms with Gasteiger partial charge in [0.25, 0.3) is 0 Å². The molecule has 0 aliphatic carbocycles. The third-order valence-electron chi connectivity index (χ3n) is 3.61. The van der Waals surface area contributed by atoms with Crippen LogP contribution in [0.4, 0.5) is 4.39 Å². The largest absolute Gasteiger partial charge is 0.508 e. The standard InChI is InChI=1S/C19H20FNO4S/c1-25-19(24)17(12-13-2-6-15(22)7-3-13)21-18(23)10-11-26-16-8-4-14(20)5-9-16/h2-9,17,22H,10-12H2,1H3,(H,21,23). The van der Waals surface area contributed by atoms with Gasteiger partial charge in [-0.05, 0) is 42.0 Å². The molecule has 2 aromatic rings. The second-order valence-electron chi connectivity index (χ2n) is 5.57. The second kappa shape index (κ2) is 9.82. The van der Waals surface area contributed by atoms with Crippen LogP contribution in [0.5, 0.6) is 5.75 Å². The molecule has 0 saturated heterocycles. The van der Waals surface area contributed by atoms with Gasteiger partial charge in [0.15, 0.2) is 0 Å². The van der Waals surface area contributed by atoms with Crippen LogP contribution in [0.25, 0.3) is 0 Å². The number of esters is 1. The number of carbonyl (C=O) groups excluding carboxylic acids is 2. The van der Waals surface area contributed by atoms with E-state index in [1.165, 1.54) is 43.1 Å². The van der Waals surface area contributed by atoms with Crippen molar-refractivity contribution in [2.75, 3.05) is 12.9 Å². The van der Waals surface area contributed by atoms with Crippen LogP contribution in [0, 0.1) is 5.82 Å². The number of ether oxygens (including phenoxy) is 1. The zero-order valence-corrected chi connectivity index (χ0v) is 15.1. The highest BCUT2D eigenvalue weighted by atomic mass is 32.2. The van der Waals surface area contributed by atoms with E-state index in [1.807, 2.05) is 0 Å². The zero-order valence-electron chi connectivity index (χ0n) is 14.3. The molecule has 2 N–H and O–H groups in total. The van der Waals surface area contributed by atoms with Crippen LogP contribution in [0.3, 0.4) is 0 Å². The summed E-state index contributed by atoms with van der Waals surface area (Å²) in [6.45, 7) is 0. The Morgan fingerprint density at radius 3 is 2.42 bits per heavy atom. The number of nitrogens with one attached hydrogen (secondary N) is 1. The number of amides is 1. The number of carbonyl (C=O) groups is 2. The summed E-state index contributed by atoms with van der Waals surface area (Å²) < 4.78 is 17.6. The van der Waals surface area contributed by atoms with Crippen molar-refractivity contribution in [1.29, 1.82) is 0 Å². The predicted octanol–water partition coefficient (Wildman–Crippen LogP) is 2.91. The quantitative estimate of drug-likeness (QED) is 0.546. The lowest BCUT2D eigenvalue weighted by Gasteiger charge is -2.16. The second-order valence-corrected chi connectivity index (χ2v) is 6.73. The Kier molecular flexibility index (Phi) is 7.47. The molecule has 5 nitrogen and oxygen atoms in total. The van der Waals surface area contributed by atoms with Crippen molar-refractivity contribution in [1.82, 2.24) is 5.32 Å². The molecule has 0 saturated carbocycles. The van der Waals surface area contributed by atoms with E-state index in [9.17, 15) is 19.1 Å². The lowest BCUT2D eigenvalue weighted by atomic mass is 10.1. The highest BCUT2D eigenvalue weighted by Gasteiger charge is 2.21. The van der Waals surface area contributed by atoms with Crippen molar-refractivity contribution in [3.63, 3.8) is 0 Å². The summed E-state index contributed by atoms with van der Waals surface area (Å²) in [4.78, 5) is 24.9. The fourth-order valence-corrected chi connectivity index (χ4v) is 3.11. The molecule has 0 spiro atoms. The normalized spacial score (nSPS) is 11.6. The number of hydrogen-bond acceptors (Lipinski definition) is 5. The van der Waals surface area contributed by atoms with Crippen molar-refractivity contribution in [2.45, 2.75) is 23.8 Å². The molecule has 7 heteroatoms. The molecule has 1 unspecified atom stereocenters. The Labute approximate surface area is 155 Å². The van der Waals surface area contributed by atoms with E-state index in [-0.39, 0.29) is 30.3 Å². The topological polar surface area (TPSA) is 75.6 Å². The Morgan fingerprint density at radius 1 is 1.15 bits per heavy atom. The van der Waals surface area contributed by atoms with Crippen LogP contribution in [0.2, 0.25) is 0 Å². The molecule has 26 heavy (non-hydrogen) atoms. The molecule has 1 amide bonds. The van der Waals surface area contributed by atoms with Crippen LogP contribution in [0.1, 0.15) is 12.0 Å². The highest BCUT2D eigenvalue weighted by molar-refractivity contribution is 7.99. The first-order valence-electron chi connectivity index (χ1n) is 8.01. The number of thioether (sulfide) groups is 1. The lowest BCUT2D eigenvalue weighted by Crippen LogP contribution is -2.43. The van der Waals surface area contributed by atoms with Crippen molar-refractivity contribution < 1.29 is 23.8 Å². The molecule has 0 bridgehead atoms. The summed E-state index contributed by atoms with van der Waals surface area (Å²) in [5.74, 6) is -0.469. The summed E-state index contributed by atoms with van der Waals surface area (Å²) in [7, 11) is 1.27. The van der Waals surface area contributed by atoms with Crippen LogP contribution in [-0.2, 0) is 20.7 Å². The van der Waals surface area contributed by atoms with E-state index in [1.54, 1.807) is 24.3 Å². The maximum atomic E-state index is 12.9. The number of phenols is 1. The van der Waals surface area contributed by atoms with E-state index < -0.39 is 12.0 Å². The highest BCUT2D eigenvalue weighted by Crippen LogP contribution is 2.19. The number of hydrogen-bond donors (Lipinski definition) is 2. The van der Waals surface area contributed by atoms with Gasteiger partial charge in [-0.25, -0.2) is 9.18 Å². The maximum absolute atomic E-state index is 12.9. The molecule has 0 heterocycles. The number of benzene rings is 2. The minimum absolute atomic E-state index is 0.130. The SMILES string of the molecule is COC(=O)C(Cc1ccc(O)cc1)NC(=O)CCSc1ccc(F)cc1. The number of phenolic OH excluding ortho intramolecular Hbond substituents is 1. The van der Waals surface area contributed by atoms with Crippen molar-refractivity contribution >= 4 is 23.6 Å². The van der Waals surface area contributed by atoms with Gasteiger partial charge in [0.2, 0.25) is 5.91 Å². The van der Waals surface area contributed by atoms with Gasteiger partial charge in [-0.15, -0.1) is 11.8 Å². The predicted molar refractivity (Wildman–Crippen MR) is 97.5 cm³/mol. The monoisotopic (exact) mass is 377 g/mol. The van der Waals surface area contributed by atoms with Crippen molar-refractivity contribution in [2.24, 2.45) is 0 Å². The summed E-state index contributed by atoms with van der Waals surface area (Å²) in [6.07, 6.45) is 0.481. The molecule has 0 aromatic heterocycles. The van der Waals surface area contributed by atoms with Gasteiger partial charge in [0.1, 0.15) is 17.6 Å². The molecule has 0 radical (unpaired) electrons. The number of aromatic hydroxyl groups is 1. The van der Waals surface area contributed by atoms with E-state index in [2.05, 4.69) is 5.32 Å². The minimum atomic E-state index is -0.798. The Balaban J connectivity index is 1.86. The fraction of sp³-hybridized carbons (Fsp3) is 0.263. The summed E-state index contributed by atoms with van der Waals surface area (Å²) in [5.41, 5.74) is 0.791. The summed E-state index contributed by atoms with van der Waals surface area (Å²) >= 11 is 1.43. The number of halogens is 1. The molecule has 0 fully saturated rings. The molecule has 1 atom stereocenters. The van der Waals surface area contributed by atoms with Crippen molar-refractivity contribution in [3.8, 4) is 5.75 Å². The fourth-order valence-electron chi connectivity index (χ4n) is 2.26. The molecule has 2 rings (SSSR count). The Hall–Kier alpha value is -2.54. The summed E-state index contributed by atoms with van der Waals surface area (Å²) in [6, 6.07) is 11.6. The Morgan fingerprint density at radius 2 is 1.81 bits per heavy atom. The first kappa shape index (κ1) is 19.8. The van der Waals surface area contributed by atoms with Gasteiger partial charge < -0.3 is 15.2 Å². The van der Waals surface area contributed by atoms with Crippen molar-refractivity contribution in [3.05, 3.63) is 59.9 Å². The smallest absolute Gasteiger partial charge is 0.328 e. The third kappa shape index (κ3) is 6.40. The molecular formula is C19H20FNO4S. The zero-order chi connectivity index (χ0) is 18.9. The van der Waals surface area contributed by atoms with Crippen LogP contribution in [0.15, 0.2) is 53.4 Å². The van der Waals surface area contributed by atoms with Gasteiger partial charge in [-0.1, -0.05) is 12.1 Å². The van der Waals surface area contributed by atoms with Gasteiger partial charge >= 0.3 is 5.97 Å². The molecule has 138 valence electrons. The van der Waals surface area contributed by atoms with Gasteiger partial charge in [0, 0.05) is 23.5 Å². The van der Waals surface area contributed by atoms with E-state index in [4.69, 9.17) is 4.74 Å². The minimum Gasteiger partial charge on any atom is -0.508 e. The molecule has 0 aliphatic heterocycles. The first-order chi connectivity index (χ1) is 12.5. The van der Waals surface area contributed by atoms with Gasteiger partial charge in [0.05, 0.1) is 7.11 Å². The maximum Gasteiger partial charge on any atom is 0.328 e. The van der Waals surface area contributed by atoms with E-state index in [0.717, 1.165) is 10.5 Å². The number of methoxy groups -OCH3 is 1. The number of rotatable bonds is 8. The third-order valence-corrected chi connectivity index (χ3v) is 4.62. The first-order valence-corrected chi connectivity index (χ1v) is 9.00. The average Bonchev–Trinajstić information content (AvgIpc) is 2.64. The molecule has 0 aliphatic rings. The van der Waals surface area contributed by atoms with Gasteiger partial charge in [-0.2, -0.15) is 0 Å². The molecule has 2 aromatic carbocycles. The van der Waals surface area contributed by atoms with E-state index >= 15 is 0 Å². The average molecular weight is 377 g/mol. The van der Waals surface area contributed by atoms with Gasteiger partial charge in [-0.3, -0.25) is 4.79 Å². The summed E-state index contributed by atoms with van der Waals surface area (Å²) in [5, 5.41) is 12.0. The van der Waals surface area contributed by atoms with E-state index in [0.29, 0.717) is 5.75 Å².